The van der Waals surface area contributed by atoms with E-state index in [1.54, 1.807) is 6.07 Å². The summed E-state index contributed by atoms with van der Waals surface area (Å²) in [6.07, 6.45) is 0.611. The molecule has 0 spiro atoms. The lowest BCUT2D eigenvalue weighted by Crippen LogP contribution is -2.34. The van der Waals surface area contributed by atoms with Gasteiger partial charge in [-0.25, -0.2) is 8.42 Å². The first-order valence-corrected chi connectivity index (χ1v) is 8.07. The summed E-state index contributed by atoms with van der Waals surface area (Å²) < 4.78 is 26.6. The minimum atomic E-state index is -3.97. The molecule has 1 aromatic rings. The van der Waals surface area contributed by atoms with Crippen LogP contribution in [0.3, 0.4) is 0 Å². The first kappa shape index (κ1) is 16.4. The molecule has 1 saturated heterocycles. The predicted molar refractivity (Wildman–Crippen MR) is 78.3 cm³/mol. The summed E-state index contributed by atoms with van der Waals surface area (Å²) in [5.41, 5.74) is 4.40. The van der Waals surface area contributed by atoms with Gasteiger partial charge in [0.25, 0.3) is 5.69 Å². The van der Waals surface area contributed by atoms with E-state index in [4.69, 9.17) is 11.0 Å². The van der Waals surface area contributed by atoms with Gasteiger partial charge in [-0.15, -0.1) is 0 Å². The van der Waals surface area contributed by atoms with Crippen molar-refractivity contribution in [3.05, 3.63) is 33.9 Å². The highest BCUT2D eigenvalue weighted by Crippen LogP contribution is 2.34. The number of nitrogens with zero attached hydrogens (tertiary/aromatic N) is 3. The second kappa shape index (κ2) is 5.64. The molecule has 8 nitrogen and oxygen atoms in total. The minimum absolute atomic E-state index is 0.236. The van der Waals surface area contributed by atoms with E-state index in [9.17, 15) is 18.5 Å². The van der Waals surface area contributed by atoms with E-state index in [2.05, 4.69) is 0 Å². The van der Waals surface area contributed by atoms with E-state index < -0.39 is 26.2 Å². The van der Waals surface area contributed by atoms with E-state index in [1.807, 2.05) is 6.92 Å². The number of nitrogens with two attached hydrogens (primary N) is 1. The number of sulfonamides is 1. The second-order valence-electron chi connectivity index (χ2n) is 5.62. The monoisotopic (exact) mass is 324 g/mol. The summed E-state index contributed by atoms with van der Waals surface area (Å²) >= 11 is 0. The number of hydrogen-bond donors (Lipinski definition) is 1. The molecule has 118 valence electrons. The van der Waals surface area contributed by atoms with Crippen molar-refractivity contribution in [1.29, 1.82) is 5.26 Å². The number of rotatable bonds is 4. The van der Waals surface area contributed by atoms with Gasteiger partial charge >= 0.3 is 0 Å². The molecule has 0 amide bonds. The molecule has 0 aromatic heterocycles. The van der Waals surface area contributed by atoms with E-state index in [1.165, 1.54) is 16.4 Å². The van der Waals surface area contributed by atoms with Crippen molar-refractivity contribution in [2.24, 2.45) is 11.1 Å². The molecule has 0 radical (unpaired) electrons. The van der Waals surface area contributed by atoms with Gasteiger partial charge in [-0.2, -0.15) is 9.57 Å². The van der Waals surface area contributed by atoms with Crippen LogP contribution in [-0.2, 0) is 10.0 Å². The Labute approximate surface area is 128 Å². The van der Waals surface area contributed by atoms with Gasteiger partial charge in [0, 0.05) is 19.2 Å². The first-order valence-electron chi connectivity index (χ1n) is 6.63. The van der Waals surface area contributed by atoms with Gasteiger partial charge in [0.15, 0.2) is 0 Å². The highest BCUT2D eigenvalue weighted by atomic mass is 32.2. The zero-order chi connectivity index (χ0) is 16.5. The van der Waals surface area contributed by atoms with Gasteiger partial charge in [0.2, 0.25) is 10.0 Å². The molecule has 1 aliphatic rings. The molecule has 0 saturated carbocycles. The number of nitriles is 1. The average molecular weight is 324 g/mol. The summed E-state index contributed by atoms with van der Waals surface area (Å²) in [7, 11) is -3.97. The van der Waals surface area contributed by atoms with Crippen LogP contribution in [0.4, 0.5) is 5.69 Å². The molecule has 9 heteroatoms. The van der Waals surface area contributed by atoms with E-state index in [0.29, 0.717) is 13.0 Å². The van der Waals surface area contributed by atoms with Gasteiger partial charge in [0.05, 0.1) is 4.92 Å². The van der Waals surface area contributed by atoms with Crippen LogP contribution in [0.2, 0.25) is 0 Å². The zero-order valence-electron chi connectivity index (χ0n) is 12.0. The number of benzene rings is 1. The molecular weight excluding hydrogens is 308 g/mol. The predicted octanol–water partition coefficient (Wildman–Crippen LogP) is 0.826. The minimum Gasteiger partial charge on any atom is -0.330 e. The summed E-state index contributed by atoms with van der Waals surface area (Å²) in [4.78, 5) is 9.87. The molecule has 2 rings (SSSR count). The summed E-state index contributed by atoms with van der Waals surface area (Å²) in [6, 6.07) is 5.24. The number of nitro groups is 1. The van der Waals surface area contributed by atoms with Gasteiger partial charge in [-0.05, 0) is 24.4 Å². The summed E-state index contributed by atoms with van der Waals surface area (Å²) in [5, 5.41) is 20.1. The van der Waals surface area contributed by atoms with Gasteiger partial charge in [0.1, 0.15) is 16.5 Å². The van der Waals surface area contributed by atoms with Crippen LogP contribution < -0.4 is 5.73 Å². The highest BCUT2D eigenvalue weighted by molar-refractivity contribution is 7.89. The van der Waals surface area contributed by atoms with E-state index in [0.717, 1.165) is 6.07 Å². The Hall–Kier alpha value is -2.02. The van der Waals surface area contributed by atoms with E-state index >= 15 is 0 Å². The van der Waals surface area contributed by atoms with Crippen molar-refractivity contribution in [3.8, 4) is 6.07 Å². The van der Waals surface area contributed by atoms with Crippen LogP contribution in [0.25, 0.3) is 0 Å². The maximum Gasteiger partial charge on any atom is 0.288 e. The smallest absolute Gasteiger partial charge is 0.288 e. The van der Waals surface area contributed by atoms with E-state index in [-0.39, 0.29) is 23.4 Å². The lowest BCUT2D eigenvalue weighted by molar-refractivity contribution is -0.385. The number of hydrogen-bond acceptors (Lipinski definition) is 6. The summed E-state index contributed by atoms with van der Waals surface area (Å²) in [5.74, 6) is 0. The topological polar surface area (TPSA) is 130 Å². The molecule has 1 heterocycles. The Balaban J connectivity index is 2.50. The van der Waals surface area contributed by atoms with Crippen LogP contribution in [0, 0.1) is 26.9 Å². The molecule has 1 aliphatic heterocycles. The molecular formula is C13H16N4O4S. The van der Waals surface area contributed by atoms with Crippen molar-refractivity contribution in [2.75, 3.05) is 19.6 Å². The molecule has 1 atom stereocenters. The summed E-state index contributed by atoms with van der Waals surface area (Å²) in [6.45, 7) is 2.75. The van der Waals surface area contributed by atoms with Gasteiger partial charge in [-0.1, -0.05) is 13.0 Å². The first-order chi connectivity index (χ1) is 10.2. The largest absolute Gasteiger partial charge is 0.330 e. The zero-order valence-corrected chi connectivity index (χ0v) is 12.8. The fraction of sp³-hybridized carbons (Fsp3) is 0.462. The Morgan fingerprint density at radius 2 is 2.23 bits per heavy atom. The SMILES string of the molecule is CC1(CN)CCN(S(=O)(=O)c2cccc([N+](=O)[O-])c2C#N)C1. The molecule has 22 heavy (non-hydrogen) atoms. The molecule has 1 aromatic carbocycles. The Morgan fingerprint density at radius 1 is 1.55 bits per heavy atom. The Morgan fingerprint density at radius 3 is 2.73 bits per heavy atom. The highest BCUT2D eigenvalue weighted by Gasteiger charge is 2.40. The quantitative estimate of drug-likeness (QED) is 0.644. The van der Waals surface area contributed by atoms with Crippen LogP contribution in [0.5, 0.6) is 0 Å². The Kier molecular flexibility index (Phi) is 4.19. The van der Waals surface area contributed by atoms with Crippen molar-refractivity contribution >= 4 is 15.7 Å². The third kappa shape index (κ3) is 2.68. The van der Waals surface area contributed by atoms with Crippen molar-refractivity contribution < 1.29 is 13.3 Å². The fourth-order valence-electron chi connectivity index (χ4n) is 2.49. The maximum absolute atomic E-state index is 12.7. The lowest BCUT2D eigenvalue weighted by Gasteiger charge is -2.22. The van der Waals surface area contributed by atoms with Crippen molar-refractivity contribution in [3.63, 3.8) is 0 Å². The van der Waals surface area contributed by atoms with Crippen LogP contribution in [0.1, 0.15) is 18.9 Å². The van der Waals surface area contributed by atoms with Gasteiger partial charge in [-0.3, -0.25) is 10.1 Å². The molecule has 0 bridgehead atoms. The Bertz CT molecular complexity index is 756. The third-order valence-electron chi connectivity index (χ3n) is 3.95. The average Bonchev–Trinajstić information content (AvgIpc) is 2.90. The third-order valence-corrected chi connectivity index (χ3v) is 5.83. The fourth-order valence-corrected chi connectivity index (χ4v) is 4.24. The van der Waals surface area contributed by atoms with Crippen LogP contribution in [0.15, 0.2) is 23.1 Å². The lowest BCUT2D eigenvalue weighted by atomic mass is 9.90. The standard InChI is InChI=1S/C13H16N4O4S/c1-13(8-15)5-6-16(9-13)22(20,21)12-4-2-3-11(17(18)19)10(12)7-14/h2-4H,5-6,8-9,15H2,1H3. The van der Waals surface area contributed by atoms with Crippen molar-refractivity contribution in [2.45, 2.75) is 18.2 Å². The molecule has 2 N–H and O–H groups in total. The second-order valence-corrected chi connectivity index (χ2v) is 7.53. The molecule has 1 fully saturated rings. The van der Waals surface area contributed by atoms with Crippen LogP contribution in [-0.4, -0.2) is 37.3 Å². The van der Waals surface area contributed by atoms with Gasteiger partial charge < -0.3 is 5.73 Å². The van der Waals surface area contributed by atoms with Crippen molar-refractivity contribution in [1.82, 2.24) is 4.31 Å². The van der Waals surface area contributed by atoms with Crippen LogP contribution >= 0.6 is 0 Å². The normalized spacial score (nSPS) is 22.4. The number of nitro benzene ring substituents is 1. The molecule has 1 unspecified atom stereocenters. The molecule has 0 aliphatic carbocycles. The maximum atomic E-state index is 12.7.